The SMILES string of the molecule is CCCCc1ccc(S(=O)(=O)Nc2ccc(C)c(C(=O)N3CCN(c4ccccc4OC)CC3)c2)cc1. The summed E-state index contributed by atoms with van der Waals surface area (Å²) in [6, 6.07) is 20.0. The molecule has 37 heavy (non-hydrogen) atoms. The highest BCUT2D eigenvalue weighted by atomic mass is 32.2. The lowest BCUT2D eigenvalue weighted by molar-refractivity contribution is 0.0746. The van der Waals surface area contributed by atoms with Gasteiger partial charge in [-0.25, -0.2) is 8.42 Å². The number of amides is 1. The summed E-state index contributed by atoms with van der Waals surface area (Å²) in [5.74, 6) is 0.715. The maximum absolute atomic E-state index is 13.4. The van der Waals surface area contributed by atoms with Gasteiger partial charge >= 0.3 is 0 Å². The first-order valence-corrected chi connectivity index (χ1v) is 14.2. The monoisotopic (exact) mass is 521 g/mol. The van der Waals surface area contributed by atoms with E-state index in [1.54, 1.807) is 37.4 Å². The Morgan fingerprint density at radius 3 is 2.35 bits per heavy atom. The maximum atomic E-state index is 13.4. The fourth-order valence-electron chi connectivity index (χ4n) is 4.56. The zero-order valence-electron chi connectivity index (χ0n) is 21.7. The lowest BCUT2D eigenvalue weighted by atomic mass is 10.1. The van der Waals surface area contributed by atoms with E-state index in [9.17, 15) is 13.2 Å². The molecule has 1 saturated heterocycles. The van der Waals surface area contributed by atoms with Crippen molar-refractivity contribution in [3.63, 3.8) is 0 Å². The highest BCUT2D eigenvalue weighted by Gasteiger charge is 2.25. The molecule has 8 heteroatoms. The van der Waals surface area contributed by atoms with Crippen LogP contribution in [0.1, 0.15) is 41.3 Å². The highest BCUT2D eigenvalue weighted by Crippen LogP contribution is 2.29. The molecule has 0 atom stereocenters. The molecule has 0 spiro atoms. The Morgan fingerprint density at radius 2 is 1.68 bits per heavy atom. The first-order valence-electron chi connectivity index (χ1n) is 12.7. The molecule has 0 radical (unpaired) electrons. The number of nitrogens with zero attached hydrogens (tertiary/aromatic N) is 2. The van der Waals surface area contributed by atoms with Crippen LogP contribution in [0, 0.1) is 6.92 Å². The average Bonchev–Trinajstić information content (AvgIpc) is 2.92. The molecule has 1 aliphatic heterocycles. The fraction of sp³-hybridized carbons (Fsp3) is 0.345. The Morgan fingerprint density at radius 1 is 0.973 bits per heavy atom. The Hall–Kier alpha value is -3.52. The number of nitrogens with one attached hydrogen (secondary N) is 1. The van der Waals surface area contributed by atoms with Crippen molar-refractivity contribution in [3.8, 4) is 5.75 Å². The van der Waals surface area contributed by atoms with Gasteiger partial charge in [-0.2, -0.15) is 0 Å². The van der Waals surface area contributed by atoms with Gasteiger partial charge in [-0.05, 0) is 67.3 Å². The topological polar surface area (TPSA) is 79.0 Å². The Bertz CT molecular complexity index is 1330. The van der Waals surface area contributed by atoms with E-state index in [4.69, 9.17) is 4.74 Å². The summed E-state index contributed by atoms with van der Waals surface area (Å²) in [6.07, 6.45) is 3.09. The summed E-state index contributed by atoms with van der Waals surface area (Å²) < 4.78 is 34.1. The van der Waals surface area contributed by atoms with Gasteiger partial charge in [-0.3, -0.25) is 9.52 Å². The van der Waals surface area contributed by atoms with Crippen LogP contribution in [0.4, 0.5) is 11.4 Å². The molecule has 0 bridgehead atoms. The molecule has 0 aliphatic carbocycles. The van der Waals surface area contributed by atoms with Crippen molar-refractivity contribution in [2.45, 2.75) is 38.0 Å². The summed E-state index contributed by atoms with van der Waals surface area (Å²) >= 11 is 0. The smallest absolute Gasteiger partial charge is 0.261 e. The molecule has 1 fully saturated rings. The lowest BCUT2D eigenvalue weighted by Gasteiger charge is -2.36. The molecule has 0 unspecified atom stereocenters. The number of unbranched alkanes of at least 4 members (excludes halogenated alkanes) is 1. The third kappa shape index (κ3) is 6.25. The second kappa shape index (κ2) is 11.7. The normalized spacial score (nSPS) is 13.9. The molecule has 196 valence electrons. The lowest BCUT2D eigenvalue weighted by Crippen LogP contribution is -2.49. The number of ether oxygens (including phenoxy) is 1. The molecule has 3 aromatic carbocycles. The van der Waals surface area contributed by atoms with Crippen LogP contribution in [0.3, 0.4) is 0 Å². The molecule has 0 saturated carbocycles. The van der Waals surface area contributed by atoms with Gasteiger partial charge in [-0.15, -0.1) is 0 Å². The number of sulfonamides is 1. The standard InChI is InChI=1S/C29H35N3O4S/c1-4-5-8-23-12-15-25(16-13-23)37(34,35)30-24-14-11-22(2)26(21-24)29(33)32-19-17-31(18-20-32)27-9-6-7-10-28(27)36-3/h6-7,9-16,21,30H,4-5,8,17-20H2,1-3H3. The van der Waals surface area contributed by atoms with Crippen LogP contribution >= 0.6 is 0 Å². The van der Waals surface area contributed by atoms with Gasteiger partial charge in [0.05, 0.1) is 17.7 Å². The van der Waals surface area contributed by atoms with Crippen molar-refractivity contribution in [3.05, 3.63) is 83.4 Å². The number of aryl methyl sites for hydroxylation is 2. The van der Waals surface area contributed by atoms with Crippen LogP contribution in [-0.4, -0.2) is 52.5 Å². The number of hydrogen-bond donors (Lipinski definition) is 1. The number of rotatable bonds is 9. The predicted octanol–water partition coefficient (Wildman–Crippen LogP) is 5.11. The molecule has 4 rings (SSSR count). The maximum Gasteiger partial charge on any atom is 0.261 e. The summed E-state index contributed by atoms with van der Waals surface area (Å²) in [6.45, 7) is 6.50. The first-order chi connectivity index (χ1) is 17.8. The molecule has 1 heterocycles. The average molecular weight is 522 g/mol. The van der Waals surface area contributed by atoms with E-state index < -0.39 is 10.0 Å². The second-order valence-corrected chi connectivity index (χ2v) is 11.0. The minimum Gasteiger partial charge on any atom is -0.495 e. The number of carbonyl (C=O) groups is 1. The summed E-state index contributed by atoms with van der Waals surface area (Å²) in [7, 11) is -2.11. The molecule has 3 aromatic rings. The van der Waals surface area contributed by atoms with Gasteiger partial charge in [0.15, 0.2) is 0 Å². The minimum atomic E-state index is -3.77. The first kappa shape index (κ1) is 26.5. The molecule has 7 nitrogen and oxygen atoms in total. The number of piperazine rings is 1. The summed E-state index contributed by atoms with van der Waals surface area (Å²) in [5, 5.41) is 0. The van der Waals surface area contributed by atoms with Crippen molar-refractivity contribution in [1.82, 2.24) is 4.90 Å². The Labute approximate surface area is 220 Å². The van der Waals surface area contributed by atoms with Crippen LogP contribution in [0.25, 0.3) is 0 Å². The molecular formula is C29H35N3O4S. The Balaban J connectivity index is 1.44. The minimum absolute atomic E-state index is 0.0986. The number of carbonyl (C=O) groups excluding carboxylic acids is 1. The van der Waals surface area contributed by atoms with E-state index in [1.165, 1.54) is 0 Å². The highest BCUT2D eigenvalue weighted by molar-refractivity contribution is 7.92. The molecular weight excluding hydrogens is 486 g/mol. The molecule has 1 N–H and O–H groups in total. The van der Waals surface area contributed by atoms with Gasteiger partial charge in [0.25, 0.3) is 15.9 Å². The number of hydrogen-bond acceptors (Lipinski definition) is 5. The van der Waals surface area contributed by atoms with Crippen LogP contribution in [0.2, 0.25) is 0 Å². The Kier molecular flexibility index (Phi) is 8.38. The second-order valence-electron chi connectivity index (χ2n) is 9.33. The van der Waals surface area contributed by atoms with E-state index in [0.29, 0.717) is 37.4 Å². The molecule has 1 amide bonds. The number of para-hydroxylation sites is 2. The van der Waals surface area contributed by atoms with Crippen molar-refractivity contribution >= 4 is 27.3 Å². The van der Waals surface area contributed by atoms with E-state index >= 15 is 0 Å². The third-order valence-electron chi connectivity index (χ3n) is 6.77. The number of benzene rings is 3. The zero-order chi connectivity index (χ0) is 26.4. The summed E-state index contributed by atoms with van der Waals surface area (Å²) in [4.78, 5) is 17.6. The van der Waals surface area contributed by atoms with Crippen molar-refractivity contribution in [2.24, 2.45) is 0 Å². The van der Waals surface area contributed by atoms with Gasteiger partial charge in [0, 0.05) is 37.4 Å². The summed E-state index contributed by atoms with van der Waals surface area (Å²) in [5.41, 5.74) is 3.82. The fourth-order valence-corrected chi connectivity index (χ4v) is 5.61. The molecule has 0 aromatic heterocycles. The van der Waals surface area contributed by atoms with E-state index in [0.717, 1.165) is 41.8 Å². The van der Waals surface area contributed by atoms with Gasteiger partial charge < -0.3 is 14.5 Å². The van der Waals surface area contributed by atoms with E-state index in [2.05, 4.69) is 16.5 Å². The van der Waals surface area contributed by atoms with Crippen LogP contribution in [-0.2, 0) is 16.4 Å². The van der Waals surface area contributed by atoms with Gasteiger partial charge in [0.2, 0.25) is 0 Å². The van der Waals surface area contributed by atoms with Crippen molar-refractivity contribution in [1.29, 1.82) is 0 Å². The third-order valence-corrected chi connectivity index (χ3v) is 8.16. The number of anilines is 2. The van der Waals surface area contributed by atoms with E-state index in [1.807, 2.05) is 48.2 Å². The van der Waals surface area contributed by atoms with Crippen LogP contribution in [0.5, 0.6) is 5.75 Å². The van der Waals surface area contributed by atoms with Crippen molar-refractivity contribution in [2.75, 3.05) is 42.9 Å². The predicted molar refractivity (Wildman–Crippen MR) is 148 cm³/mol. The largest absolute Gasteiger partial charge is 0.495 e. The van der Waals surface area contributed by atoms with Crippen LogP contribution < -0.4 is 14.4 Å². The quantitative estimate of drug-likeness (QED) is 0.423. The number of methoxy groups -OCH3 is 1. The van der Waals surface area contributed by atoms with Gasteiger partial charge in [0.1, 0.15) is 5.75 Å². The zero-order valence-corrected chi connectivity index (χ0v) is 22.6. The van der Waals surface area contributed by atoms with Crippen molar-refractivity contribution < 1.29 is 17.9 Å². The van der Waals surface area contributed by atoms with E-state index in [-0.39, 0.29) is 10.8 Å². The van der Waals surface area contributed by atoms with Gasteiger partial charge in [-0.1, -0.05) is 43.7 Å². The molecule has 1 aliphatic rings. The van der Waals surface area contributed by atoms with Crippen LogP contribution in [0.15, 0.2) is 71.6 Å².